The summed E-state index contributed by atoms with van der Waals surface area (Å²) >= 11 is 0. The van der Waals surface area contributed by atoms with E-state index in [0.29, 0.717) is 28.7 Å². The minimum Gasteiger partial charge on any atom is -0.379 e. The van der Waals surface area contributed by atoms with Crippen LogP contribution in [0.1, 0.15) is 22.3 Å². The van der Waals surface area contributed by atoms with Gasteiger partial charge in [-0.25, -0.2) is 4.39 Å². The first-order valence-electron chi connectivity index (χ1n) is 9.75. The Labute approximate surface area is 169 Å². The maximum Gasteiger partial charge on any atom is 0.124 e. The predicted octanol–water partition coefficient (Wildman–Crippen LogP) is 4.00. The maximum absolute atomic E-state index is 14.0. The second-order valence-corrected chi connectivity index (χ2v) is 7.34. The van der Waals surface area contributed by atoms with Gasteiger partial charge in [0.15, 0.2) is 0 Å². The quantitative estimate of drug-likeness (QED) is 0.714. The van der Waals surface area contributed by atoms with Gasteiger partial charge in [-0.15, -0.1) is 0 Å². The average molecular weight is 390 g/mol. The van der Waals surface area contributed by atoms with Crippen LogP contribution in [0.4, 0.5) is 10.1 Å². The number of fused-ring (bicyclic) bond motifs is 1. The Morgan fingerprint density at radius 3 is 2.79 bits per heavy atom. The first-order chi connectivity index (χ1) is 14.1. The highest BCUT2D eigenvalue weighted by Gasteiger charge is 2.13. The molecule has 1 aliphatic rings. The molecule has 0 amide bonds. The summed E-state index contributed by atoms with van der Waals surface area (Å²) in [4.78, 5) is 6.72. The lowest BCUT2D eigenvalue weighted by atomic mass is 10.1. The number of morpholine rings is 1. The number of pyridine rings is 1. The van der Waals surface area contributed by atoms with Gasteiger partial charge in [-0.05, 0) is 35.7 Å². The molecule has 29 heavy (non-hydrogen) atoms. The van der Waals surface area contributed by atoms with Crippen LogP contribution in [0.25, 0.3) is 10.9 Å². The van der Waals surface area contributed by atoms with Gasteiger partial charge in [0, 0.05) is 37.8 Å². The largest absolute Gasteiger partial charge is 0.379 e. The number of benzene rings is 2. The van der Waals surface area contributed by atoms with Crippen LogP contribution in [0, 0.1) is 24.1 Å². The number of nitriles is 1. The Kier molecular flexibility index (Phi) is 5.70. The molecule has 1 saturated heterocycles. The van der Waals surface area contributed by atoms with Crippen LogP contribution in [-0.2, 0) is 17.8 Å². The van der Waals surface area contributed by atoms with Crippen molar-refractivity contribution in [2.45, 2.75) is 20.0 Å². The van der Waals surface area contributed by atoms with Crippen LogP contribution in [0.15, 0.2) is 42.6 Å². The molecule has 0 radical (unpaired) electrons. The fourth-order valence-corrected chi connectivity index (χ4v) is 3.76. The second kappa shape index (κ2) is 8.56. The second-order valence-electron chi connectivity index (χ2n) is 7.34. The van der Waals surface area contributed by atoms with E-state index in [9.17, 15) is 9.65 Å². The number of anilines is 1. The highest BCUT2D eigenvalue weighted by Crippen LogP contribution is 2.29. The fourth-order valence-electron chi connectivity index (χ4n) is 3.76. The van der Waals surface area contributed by atoms with E-state index in [1.807, 2.05) is 13.0 Å². The molecule has 1 aliphatic heterocycles. The molecule has 1 fully saturated rings. The highest BCUT2D eigenvalue weighted by atomic mass is 19.1. The Morgan fingerprint density at radius 2 is 2.00 bits per heavy atom. The van der Waals surface area contributed by atoms with Gasteiger partial charge < -0.3 is 10.1 Å². The first-order valence-corrected chi connectivity index (χ1v) is 9.75. The third-order valence-electron chi connectivity index (χ3n) is 5.22. The number of hydrogen-bond acceptors (Lipinski definition) is 5. The Balaban J connectivity index is 1.57. The molecule has 6 heteroatoms. The number of halogens is 1. The number of hydrogen-bond donors (Lipinski definition) is 1. The summed E-state index contributed by atoms with van der Waals surface area (Å²) in [5, 5.41) is 13.5. The summed E-state index contributed by atoms with van der Waals surface area (Å²) in [5.74, 6) is -0.331. The maximum atomic E-state index is 14.0. The van der Waals surface area contributed by atoms with Crippen LogP contribution in [-0.4, -0.2) is 36.2 Å². The van der Waals surface area contributed by atoms with Gasteiger partial charge in [-0.3, -0.25) is 9.88 Å². The Bertz CT molecular complexity index is 1070. The van der Waals surface area contributed by atoms with Crippen molar-refractivity contribution >= 4 is 16.6 Å². The van der Waals surface area contributed by atoms with Crippen LogP contribution in [0.5, 0.6) is 0 Å². The molecule has 0 bridgehead atoms. The van der Waals surface area contributed by atoms with Gasteiger partial charge in [0.05, 0.1) is 30.0 Å². The molecule has 2 aromatic carbocycles. The van der Waals surface area contributed by atoms with Crippen molar-refractivity contribution in [3.63, 3.8) is 0 Å². The molecule has 148 valence electrons. The van der Waals surface area contributed by atoms with Crippen molar-refractivity contribution in [3.05, 3.63) is 70.7 Å². The molecule has 1 N–H and O–H groups in total. The summed E-state index contributed by atoms with van der Waals surface area (Å²) in [6, 6.07) is 13.5. The monoisotopic (exact) mass is 390 g/mol. The van der Waals surface area contributed by atoms with E-state index in [2.05, 4.69) is 39.5 Å². The summed E-state index contributed by atoms with van der Waals surface area (Å²) in [7, 11) is 0. The van der Waals surface area contributed by atoms with E-state index in [0.717, 1.165) is 44.0 Å². The zero-order chi connectivity index (χ0) is 20.2. The molecule has 0 unspecified atom stereocenters. The smallest absolute Gasteiger partial charge is 0.124 e. The lowest BCUT2D eigenvalue weighted by Gasteiger charge is -2.26. The Hall–Kier alpha value is -3.01. The first kappa shape index (κ1) is 19.3. The number of rotatable bonds is 5. The van der Waals surface area contributed by atoms with E-state index >= 15 is 0 Å². The van der Waals surface area contributed by atoms with Gasteiger partial charge in [-0.2, -0.15) is 5.26 Å². The molecule has 2 heterocycles. The van der Waals surface area contributed by atoms with E-state index in [4.69, 9.17) is 4.74 Å². The van der Waals surface area contributed by atoms with Crippen molar-refractivity contribution in [2.24, 2.45) is 0 Å². The third kappa shape index (κ3) is 4.37. The van der Waals surface area contributed by atoms with Crippen LogP contribution < -0.4 is 5.32 Å². The highest BCUT2D eigenvalue weighted by molar-refractivity contribution is 5.95. The molecule has 0 aliphatic carbocycles. The standard InChI is InChI=1S/C23H23FN4O/c1-16-9-20(24)11-21-22(16)27-14-19(12-25)23(21)26-13-17-3-2-4-18(10-17)15-28-5-7-29-8-6-28/h2-4,9-11,14H,5-8,13,15H2,1H3,(H,26,27). The van der Waals surface area contributed by atoms with Gasteiger partial charge in [0.1, 0.15) is 11.9 Å². The Morgan fingerprint density at radius 1 is 1.21 bits per heavy atom. The molecule has 0 saturated carbocycles. The minimum absolute atomic E-state index is 0.331. The predicted molar refractivity (Wildman–Crippen MR) is 111 cm³/mol. The molecule has 0 spiro atoms. The summed E-state index contributed by atoms with van der Waals surface area (Å²) in [6.07, 6.45) is 1.55. The SMILES string of the molecule is Cc1cc(F)cc2c(NCc3cccc(CN4CCOCC4)c3)c(C#N)cnc12. The fraction of sp³-hybridized carbons (Fsp3) is 0.304. The summed E-state index contributed by atoms with van der Waals surface area (Å²) < 4.78 is 19.4. The zero-order valence-electron chi connectivity index (χ0n) is 16.4. The number of nitrogens with one attached hydrogen (secondary N) is 1. The van der Waals surface area contributed by atoms with Crippen LogP contribution in [0.3, 0.4) is 0 Å². The lowest BCUT2D eigenvalue weighted by Crippen LogP contribution is -2.35. The van der Waals surface area contributed by atoms with E-state index in [-0.39, 0.29) is 5.82 Å². The van der Waals surface area contributed by atoms with E-state index < -0.39 is 0 Å². The van der Waals surface area contributed by atoms with Crippen LogP contribution >= 0.6 is 0 Å². The molecule has 3 aromatic rings. The van der Waals surface area contributed by atoms with Crippen molar-refractivity contribution in [2.75, 3.05) is 31.6 Å². The normalized spacial score (nSPS) is 14.7. The van der Waals surface area contributed by atoms with E-state index in [1.165, 1.54) is 17.7 Å². The van der Waals surface area contributed by atoms with Gasteiger partial charge in [0.25, 0.3) is 0 Å². The average Bonchev–Trinajstić information content (AvgIpc) is 2.73. The van der Waals surface area contributed by atoms with Crippen molar-refractivity contribution in [3.8, 4) is 6.07 Å². The van der Waals surface area contributed by atoms with Crippen molar-refractivity contribution < 1.29 is 9.13 Å². The third-order valence-corrected chi connectivity index (χ3v) is 5.22. The number of ether oxygens (including phenoxy) is 1. The van der Waals surface area contributed by atoms with Gasteiger partial charge in [-0.1, -0.05) is 24.3 Å². The molecular formula is C23H23FN4O. The lowest BCUT2D eigenvalue weighted by molar-refractivity contribution is 0.0342. The molecular weight excluding hydrogens is 367 g/mol. The summed E-state index contributed by atoms with van der Waals surface area (Å²) in [5.41, 5.74) is 4.84. The zero-order valence-corrected chi connectivity index (χ0v) is 16.4. The molecule has 0 atom stereocenters. The van der Waals surface area contributed by atoms with Crippen LogP contribution in [0.2, 0.25) is 0 Å². The van der Waals surface area contributed by atoms with Gasteiger partial charge >= 0.3 is 0 Å². The van der Waals surface area contributed by atoms with Gasteiger partial charge in [0.2, 0.25) is 0 Å². The minimum atomic E-state index is -0.331. The van der Waals surface area contributed by atoms with E-state index in [1.54, 1.807) is 6.20 Å². The summed E-state index contributed by atoms with van der Waals surface area (Å²) in [6.45, 7) is 6.71. The van der Waals surface area contributed by atoms with Crippen molar-refractivity contribution in [1.82, 2.24) is 9.88 Å². The topological polar surface area (TPSA) is 61.2 Å². The molecule has 4 rings (SSSR count). The number of nitrogens with zero attached hydrogens (tertiary/aromatic N) is 3. The molecule has 1 aromatic heterocycles. The number of aromatic nitrogens is 1. The number of aryl methyl sites for hydroxylation is 1. The van der Waals surface area contributed by atoms with Crippen molar-refractivity contribution in [1.29, 1.82) is 5.26 Å². The molecule has 5 nitrogen and oxygen atoms in total.